The van der Waals surface area contributed by atoms with E-state index in [2.05, 4.69) is 0 Å². The van der Waals surface area contributed by atoms with Crippen molar-refractivity contribution < 1.29 is 33.9 Å². The van der Waals surface area contributed by atoms with Crippen LogP contribution in [0.5, 0.6) is 11.5 Å². The highest BCUT2D eigenvalue weighted by Gasteiger charge is 2.66. The Labute approximate surface area is 299 Å². The molecule has 6 atom stereocenters. The van der Waals surface area contributed by atoms with E-state index in [9.17, 15) is 24.8 Å². The van der Waals surface area contributed by atoms with E-state index in [-0.39, 0.29) is 59.5 Å². The molecule has 6 unspecified atom stereocenters. The van der Waals surface area contributed by atoms with Crippen LogP contribution in [0.2, 0.25) is 0 Å². The fourth-order valence-electron chi connectivity index (χ4n) is 9.23. The van der Waals surface area contributed by atoms with Crippen molar-refractivity contribution in [2.45, 2.75) is 31.1 Å². The number of imide groups is 1. The topological polar surface area (TPSA) is 144 Å². The van der Waals surface area contributed by atoms with Gasteiger partial charge >= 0.3 is 0 Å². The number of phenols is 1. The number of carbonyl (C=O) groups is 4. The highest BCUT2D eigenvalue weighted by molar-refractivity contribution is 6.32. The van der Waals surface area contributed by atoms with Crippen molar-refractivity contribution in [3.05, 3.63) is 148 Å². The number of anilines is 1. The van der Waals surface area contributed by atoms with Gasteiger partial charge in [0.15, 0.2) is 23.1 Å². The molecule has 1 aliphatic heterocycles. The summed E-state index contributed by atoms with van der Waals surface area (Å²) in [5.74, 6) is -5.29. The highest BCUT2D eigenvalue weighted by Crippen LogP contribution is 2.64. The van der Waals surface area contributed by atoms with Gasteiger partial charge in [0.2, 0.25) is 11.8 Å². The molecule has 8 rings (SSSR count). The van der Waals surface area contributed by atoms with Crippen molar-refractivity contribution in [3.8, 4) is 11.5 Å². The number of aromatic hydroxyl groups is 1. The predicted molar refractivity (Wildman–Crippen MR) is 191 cm³/mol. The number of ketones is 2. The second kappa shape index (κ2) is 12.6. The molecule has 4 aromatic rings. The third-order valence-corrected chi connectivity index (χ3v) is 11.3. The maximum absolute atomic E-state index is 15.2. The molecule has 260 valence electrons. The molecule has 0 spiro atoms. The monoisotopic (exact) mass is 694 g/mol. The number of fused-ring (bicyclic) bond motifs is 4. The van der Waals surface area contributed by atoms with Gasteiger partial charge in [0.05, 0.1) is 34.5 Å². The number of carbonyl (C=O) groups excluding carboxylic acids is 4. The molecule has 1 saturated carbocycles. The summed E-state index contributed by atoms with van der Waals surface area (Å²) in [6, 6.07) is 28.7. The number of rotatable bonds is 7. The Balaban J connectivity index is 1.35. The Morgan fingerprint density at radius 3 is 2.33 bits per heavy atom. The molecule has 10 nitrogen and oxygen atoms in total. The fourth-order valence-corrected chi connectivity index (χ4v) is 9.23. The summed E-state index contributed by atoms with van der Waals surface area (Å²) < 4.78 is 5.81. The Hall–Kier alpha value is -6.16. The Morgan fingerprint density at radius 1 is 0.885 bits per heavy atom. The van der Waals surface area contributed by atoms with E-state index in [0.717, 1.165) is 10.5 Å². The molecule has 2 fully saturated rings. The number of amides is 2. The molecule has 1 N–H and O–H groups in total. The minimum Gasteiger partial charge on any atom is -0.504 e. The number of nitrogens with zero attached hydrogens (tertiary/aromatic N) is 2. The van der Waals surface area contributed by atoms with Gasteiger partial charge in [-0.25, -0.2) is 4.90 Å². The van der Waals surface area contributed by atoms with Crippen molar-refractivity contribution in [1.29, 1.82) is 0 Å². The summed E-state index contributed by atoms with van der Waals surface area (Å²) in [5.41, 5.74) is 1.35. The van der Waals surface area contributed by atoms with E-state index >= 15 is 9.59 Å². The number of nitro groups is 1. The molecule has 0 radical (unpaired) electrons. The molecule has 10 heteroatoms. The van der Waals surface area contributed by atoms with Gasteiger partial charge < -0.3 is 9.84 Å². The number of phenolic OH excluding ortho intramolecular Hbond substituents is 1. The van der Waals surface area contributed by atoms with Crippen LogP contribution in [-0.4, -0.2) is 40.0 Å². The standard InChI is InChI=1S/C42H34N2O8/c1-2-52-35-20-25(16-19-34(35)45)38-29-17-18-30-37(41(49)43(40(30)48)27-14-9-15-28(21-27)44(50)51)32(29)22-33-39(47)31(24-10-5-3-6-11-24)23-36(46)42(33,38)26-12-7-4-8-13-26/h3-17,19-21,23,30,32-33,37-38,45H,2,18,22H2,1H3. The third kappa shape index (κ3) is 4.85. The zero-order chi connectivity index (χ0) is 36.3. The summed E-state index contributed by atoms with van der Waals surface area (Å²) in [6.45, 7) is 2.07. The van der Waals surface area contributed by atoms with Crippen molar-refractivity contribution >= 4 is 40.3 Å². The number of nitro benzene ring substituents is 1. The van der Waals surface area contributed by atoms with Crippen molar-refractivity contribution in [2.24, 2.45) is 23.7 Å². The van der Waals surface area contributed by atoms with Crippen LogP contribution in [-0.2, 0) is 24.6 Å². The van der Waals surface area contributed by atoms with Crippen LogP contribution in [0.25, 0.3) is 5.57 Å². The normalized spacial score (nSPS) is 26.6. The molecule has 4 aromatic carbocycles. The average molecular weight is 695 g/mol. The Bertz CT molecular complexity index is 2230. The Morgan fingerprint density at radius 2 is 1.62 bits per heavy atom. The molecular formula is C42H34N2O8. The van der Waals surface area contributed by atoms with Gasteiger partial charge in [-0.15, -0.1) is 0 Å². The lowest BCUT2D eigenvalue weighted by Gasteiger charge is -2.55. The Kier molecular flexibility index (Phi) is 7.97. The molecular weight excluding hydrogens is 660 g/mol. The van der Waals surface area contributed by atoms with Gasteiger partial charge in [0, 0.05) is 29.5 Å². The molecule has 52 heavy (non-hydrogen) atoms. The molecule has 1 saturated heterocycles. The zero-order valence-electron chi connectivity index (χ0n) is 28.2. The van der Waals surface area contributed by atoms with Crippen molar-refractivity contribution in [2.75, 3.05) is 11.5 Å². The number of hydrogen-bond acceptors (Lipinski definition) is 8. The minimum absolute atomic E-state index is 0.0811. The molecule has 0 aromatic heterocycles. The van der Waals surface area contributed by atoms with E-state index in [1.54, 1.807) is 43.3 Å². The van der Waals surface area contributed by atoms with E-state index in [1.165, 1.54) is 36.4 Å². The molecule has 3 aliphatic carbocycles. The number of ether oxygens (including phenoxy) is 1. The molecule has 1 heterocycles. The SMILES string of the molecule is CCOc1cc(C2C3=CCC4C(=O)N(c5cccc([N+](=O)[O-])c5)C(=O)C4C3CC3C(=O)C(c4ccccc4)=CC(=O)C32c2ccccc2)ccc1O. The van der Waals surface area contributed by atoms with Crippen LogP contribution in [0, 0.1) is 33.8 Å². The van der Waals surface area contributed by atoms with E-state index in [4.69, 9.17) is 4.74 Å². The van der Waals surface area contributed by atoms with E-state index in [0.29, 0.717) is 16.7 Å². The van der Waals surface area contributed by atoms with Crippen LogP contribution in [0.15, 0.2) is 121 Å². The second-order valence-electron chi connectivity index (χ2n) is 13.7. The molecule has 0 bridgehead atoms. The van der Waals surface area contributed by atoms with E-state index < -0.39 is 51.7 Å². The van der Waals surface area contributed by atoms with Gasteiger partial charge in [0.25, 0.3) is 5.69 Å². The lowest BCUT2D eigenvalue weighted by atomic mass is 9.44. The summed E-state index contributed by atoms with van der Waals surface area (Å²) in [6.07, 6.45) is 3.72. The first-order valence-electron chi connectivity index (χ1n) is 17.4. The number of benzene rings is 4. The summed E-state index contributed by atoms with van der Waals surface area (Å²) in [7, 11) is 0. The van der Waals surface area contributed by atoms with Gasteiger partial charge in [-0.2, -0.15) is 0 Å². The van der Waals surface area contributed by atoms with Gasteiger partial charge in [-0.3, -0.25) is 29.3 Å². The average Bonchev–Trinajstić information content (AvgIpc) is 3.42. The minimum atomic E-state index is -1.43. The maximum atomic E-state index is 15.2. The lowest BCUT2D eigenvalue weighted by molar-refractivity contribution is -0.384. The first-order chi connectivity index (χ1) is 25.2. The quantitative estimate of drug-likeness (QED) is 0.0971. The fraction of sp³-hybridized carbons (Fsp3) is 0.238. The van der Waals surface area contributed by atoms with Crippen molar-refractivity contribution in [3.63, 3.8) is 0 Å². The van der Waals surface area contributed by atoms with Gasteiger partial charge in [0.1, 0.15) is 0 Å². The van der Waals surface area contributed by atoms with Crippen LogP contribution in [0.1, 0.15) is 42.4 Å². The number of Topliss-reactive ketones (excluding diaryl/α,β-unsaturated/α-hetero) is 1. The first kappa shape index (κ1) is 33.0. The zero-order valence-corrected chi connectivity index (χ0v) is 28.2. The smallest absolute Gasteiger partial charge is 0.271 e. The summed E-state index contributed by atoms with van der Waals surface area (Å²) in [4.78, 5) is 70.9. The number of allylic oxidation sites excluding steroid dienone is 4. The summed E-state index contributed by atoms with van der Waals surface area (Å²) >= 11 is 0. The molecule has 4 aliphatic rings. The van der Waals surface area contributed by atoms with Gasteiger partial charge in [-0.05, 0) is 66.6 Å². The maximum Gasteiger partial charge on any atom is 0.271 e. The number of non-ortho nitro benzene ring substituents is 1. The third-order valence-electron chi connectivity index (χ3n) is 11.3. The van der Waals surface area contributed by atoms with Crippen LogP contribution >= 0.6 is 0 Å². The van der Waals surface area contributed by atoms with Crippen molar-refractivity contribution in [1.82, 2.24) is 0 Å². The predicted octanol–water partition coefficient (Wildman–Crippen LogP) is 6.73. The van der Waals surface area contributed by atoms with Crippen LogP contribution < -0.4 is 9.64 Å². The lowest BCUT2D eigenvalue weighted by Crippen LogP contribution is -2.58. The number of hydrogen-bond donors (Lipinski definition) is 1. The van der Waals surface area contributed by atoms with Crippen LogP contribution in [0.4, 0.5) is 11.4 Å². The molecule has 2 amide bonds. The van der Waals surface area contributed by atoms with Crippen LogP contribution in [0.3, 0.4) is 0 Å². The summed E-state index contributed by atoms with van der Waals surface area (Å²) in [5, 5.41) is 22.4. The second-order valence-corrected chi connectivity index (χ2v) is 13.7. The van der Waals surface area contributed by atoms with Gasteiger partial charge in [-0.1, -0.05) is 84.4 Å². The first-order valence-corrected chi connectivity index (χ1v) is 17.4. The largest absolute Gasteiger partial charge is 0.504 e. The van der Waals surface area contributed by atoms with E-state index in [1.807, 2.05) is 42.5 Å². The highest BCUT2D eigenvalue weighted by atomic mass is 16.6.